The van der Waals surface area contributed by atoms with Gasteiger partial charge in [0.2, 0.25) is 0 Å². The molecule has 0 aliphatic carbocycles. The van der Waals surface area contributed by atoms with Gasteiger partial charge in [0.05, 0.1) is 16.3 Å². The third kappa shape index (κ3) is 2.96. The quantitative estimate of drug-likeness (QED) is 0.913. The Morgan fingerprint density at radius 1 is 1.41 bits per heavy atom. The van der Waals surface area contributed by atoms with Gasteiger partial charge in [0.15, 0.2) is 9.84 Å². The maximum absolute atomic E-state index is 12.0. The Balaban J connectivity index is 2.27. The Labute approximate surface area is 107 Å². The number of hydrogen-bond acceptors (Lipinski definition) is 4. The highest BCUT2D eigenvalue weighted by Gasteiger charge is 2.20. The van der Waals surface area contributed by atoms with Gasteiger partial charge in [-0.15, -0.1) is 0 Å². The van der Waals surface area contributed by atoms with E-state index in [2.05, 4.69) is 5.32 Å². The van der Waals surface area contributed by atoms with E-state index in [1.165, 1.54) is 0 Å². The first-order valence-electron chi connectivity index (χ1n) is 5.79. The molecule has 2 rings (SSSR count). The first kappa shape index (κ1) is 12.8. The summed E-state index contributed by atoms with van der Waals surface area (Å²) in [5.74, 6) is 2.35. The van der Waals surface area contributed by atoms with Crippen molar-refractivity contribution in [3.63, 3.8) is 0 Å². The van der Waals surface area contributed by atoms with E-state index in [0.29, 0.717) is 10.9 Å². The summed E-state index contributed by atoms with van der Waals surface area (Å²) in [5.41, 5.74) is 0.752. The molecule has 1 aliphatic heterocycles. The number of nitrogens with one attached hydrogen (secondary N) is 1. The van der Waals surface area contributed by atoms with Gasteiger partial charge < -0.3 is 5.32 Å². The summed E-state index contributed by atoms with van der Waals surface area (Å²) in [4.78, 5) is 0.430. The minimum Gasteiger partial charge on any atom is -0.380 e. The third-order valence-electron chi connectivity index (χ3n) is 2.89. The number of anilines is 1. The van der Waals surface area contributed by atoms with Crippen LogP contribution in [0.5, 0.6) is 0 Å². The van der Waals surface area contributed by atoms with E-state index >= 15 is 0 Å². The SMILES string of the molecule is CCS(=O)(=O)c1ccccc1NC1CCSC1. The Hall–Kier alpha value is -0.680. The van der Waals surface area contributed by atoms with Crippen molar-refractivity contribution >= 4 is 27.3 Å². The first-order chi connectivity index (χ1) is 8.13. The molecule has 1 N–H and O–H groups in total. The number of benzene rings is 1. The van der Waals surface area contributed by atoms with Gasteiger partial charge in [0.25, 0.3) is 0 Å². The highest BCUT2D eigenvalue weighted by Crippen LogP contribution is 2.26. The number of rotatable bonds is 4. The standard InChI is InChI=1S/C12H17NO2S2/c1-2-17(14,15)12-6-4-3-5-11(12)13-10-7-8-16-9-10/h3-6,10,13H,2,7-9H2,1H3. The highest BCUT2D eigenvalue weighted by molar-refractivity contribution is 7.99. The van der Waals surface area contributed by atoms with Crippen molar-refractivity contribution in [2.75, 3.05) is 22.6 Å². The molecule has 1 heterocycles. The van der Waals surface area contributed by atoms with Crippen molar-refractivity contribution in [1.82, 2.24) is 0 Å². The average Bonchev–Trinajstić information content (AvgIpc) is 2.82. The summed E-state index contributed by atoms with van der Waals surface area (Å²) < 4.78 is 23.9. The van der Waals surface area contributed by atoms with Crippen molar-refractivity contribution in [2.24, 2.45) is 0 Å². The molecule has 0 bridgehead atoms. The van der Waals surface area contributed by atoms with Crippen LogP contribution in [0.1, 0.15) is 13.3 Å². The van der Waals surface area contributed by atoms with Crippen LogP contribution >= 0.6 is 11.8 Å². The van der Waals surface area contributed by atoms with Crippen LogP contribution in [0.2, 0.25) is 0 Å². The van der Waals surface area contributed by atoms with E-state index in [1.54, 1.807) is 19.1 Å². The molecule has 5 heteroatoms. The van der Waals surface area contributed by atoms with Gasteiger partial charge in [-0.05, 0) is 24.3 Å². The van der Waals surface area contributed by atoms with Crippen molar-refractivity contribution < 1.29 is 8.42 Å². The van der Waals surface area contributed by atoms with Crippen LogP contribution in [-0.2, 0) is 9.84 Å². The van der Waals surface area contributed by atoms with Crippen LogP contribution in [0.25, 0.3) is 0 Å². The average molecular weight is 271 g/mol. The molecular weight excluding hydrogens is 254 g/mol. The van der Waals surface area contributed by atoms with E-state index in [4.69, 9.17) is 0 Å². The predicted octanol–water partition coefficient (Wildman–Crippen LogP) is 2.40. The number of hydrogen-bond donors (Lipinski definition) is 1. The molecule has 1 atom stereocenters. The van der Waals surface area contributed by atoms with Crippen LogP contribution in [0, 0.1) is 0 Å². The molecule has 1 aliphatic rings. The van der Waals surface area contributed by atoms with Gasteiger partial charge in [-0.25, -0.2) is 8.42 Å². The molecule has 3 nitrogen and oxygen atoms in total. The fourth-order valence-corrected chi connectivity index (χ4v) is 4.09. The van der Waals surface area contributed by atoms with Crippen LogP contribution < -0.4 is 5.32 Å². The normalized spacial score (nSPS) is 20.4. The van der Waals surface area contributed by atoms with Crippen LogP contribution in [0.3, 0.4) is 0 Å². The molecule has 1 aromatic carbocycles. The molecule has 0 radical (unpaired) electrons. The second kappa shape index (κ2) is 5.31. The zero-order valence-corrected chi connectivity index (χ0v) is 11.5. The first-order valence-corrected chi connectivity index (χ1v) is 8.60. The summed E-state index contributed by atoms with van der Waals surface area (Å²) >= 11 is 1.91. The molecule has 1 unspecified atom stereocenters. The predicted molar refractivity (Wildman–Crippen MR) is 73.5 cm³/mol. The molecule has 1 fully saturated rings. The van der Waals surface area contributed by atoms with E-state index in [0.717, 1.165) is 23.6 Å². The maximum atomic E-state index is 12.0. The summed E-state index contributed by atoms with van der Waals surface area (Å²) in [6.07, 6.45) is 1.10. The van der Waals surface area contributed by atoms with Crippen LogP contribution in [0.15, 0.2) is 29.2 Å². The second-order valence-corrected chi connectivity index (χ2v) is 7.50. The lowest BCUT2D eigenvalue weighted by molar-refractivity contribution is 0.597. The van der Waals surface area contributed by atoms with Crippen molar-refractivity contribution in [3.05, 3.63) is 24.3 Å². The van der Waals surface area contributed by atoms with Crippen molar-refractivity contribution in [2.45, 2.75) is 24.3 Å². The minimum absolute atomic E-state index is 0.144. The van der Waals surface area contributed by atoms with Crippen molar-refractivity contribution in [3.8, 4) is 0 Å². The zero-order chi connectivity index (χ0) is 12.3. The number of sulfone groups is 1. The van der Waals surface area contributed by atoms with Crippen molar-refractivity contribution in [1.29, 1.82) is 0 Å². The fourth-order valence-electron chi connectivity index (χ4n) is 1.88. The molecule has 17 heavy (non-hydrogen) atoms. The second-order valence-electron chi connectivity index (χ2n) is 4.10. The topological polar surface area (TPSA) is 46.2 Å². The largest absolute Gasteiger partial charge is 0.380 e. The van der Waals surface area contributed by atoms with Gasteiger partial charge in [-0.2, -0.15) is 11.8 Å². The summed E-state index contributed by atoms with van der Waals surface area (Å²) in [6.45, 7) is 1.68. The zero-order valence-electron chi connectivity index (χ0n) is 9.85. The van der Waals surface area contributed by atoms with Gasteiger partial charge in [0, 0.05) is 11.8 Å². The lowest BCUT2D eigenvalue weighted by atomic mass is 10.2. The smallest absolute Gasteiger partial charge is 0.180 e. The fraction of sp³-hybridized carbons (Fsp3) is 0.500. The maximum Gasteiger partial charge on any atom is 0.180 e. The van der Waals surface area contributed by atoms with E-state index in [1.807, 2.05) is 23.9 Å². The van der Waals surface area contributed by atoms with Gasteiger partial charge in [-0.1, -0.05) is 19.1 Å². The van der Waals surface area contributed by atoms with Crippen LogP contribution in [0.4, 0.5) is 5.69 Å². The molecule has 0 aromatic heterocycles. The Morgan fingerprint density at radius 2 is 2.18 bits per heavy atom. The number of para-hydroxylation sites is 1. The van der Waals surface area contributed by atoms with E-state index in [-0.39, 0.29) is 5.75 Å². The van der Waals surface area contributed by atoms with E-state index in [9.17, 15) is 8.42 Å². The molecule has 0 amide bonds. The summed E-state index contributed by atoms with van der Waals surface area (Å²) in [5, 5.41) is 3.35. The Bertz CT molecular complexity index is 479. The number of thioether (sulfide) groups is 1. The Kier molecular flexibility index (Phi) is 3.99. The molecule has 94 valence electrons. The lowest BCUT2D eigenvalue weighted by Gasteiger charge is -2.16. The molecule has 1 aromatic rings. The van der Waals surface area contributed by atoms with Gasteiger partial charge >= 0.3 is 0 Å². The van der Waals surface area contributed by atoms with Gasteiger partial charge in [0.1, 0.15) is 0 Å². The van der Waals surface area contributed by atoms with Gasteiger partial charge in [-0.3, -0.25) is 0 Å². The molecular formula is C12H17NO2S2. The monoisotopic (exact) mass is 271 g/mol. The summed E-state index contributed by atoms with van der Waals surface area (Å²) in [7, 11) is -3.14. The van der Waals surface area contributed by atoms with E-state index < -0.39 is 9.84 Å². The molecule has 1 saturated heterocycles. The lowest BCUT2D eigenvalue weighted by Crippen LogP contribution is -2.20. The molecule has 0 spiro atoms. The molecule has 0 saturated carbocycles. The highest BCUT2D eigenvalue weighted by atomic mass is 32.2. The Morgan fingerprint density at radius 3 is 2.82 bits per heavy atom. The summed E-state index contributed by atoms with van der Waals surface area (Å²) in [6, 6.07) is 7.58. The van der Waals surface area contributed by atoms with Crippen LogP contribution in [-0.4, -0.2) is 31.7 Å². The third-order valence-corrected chi connectivity index (χ3v) is 5.84. The minimum atomic E-state index is -3.14.